The summed E-state index contributed by atoms with van der Waals surface area (Å²) in [7, 11) is 0.461. The molecule has 0 fully saturated rings. The highest BCUT2D eigenvalue weighted by atomic mass is 32.2. The lowest BCUT2D eigenvalue weighted by molar-refractivity contribution is -0.116. The molecule has 0 saturated carbocycles. The third kappa shape index (κ3) is 5.78. The summed E-state index contributed by atoms with van der Waals surface area (Å²) in [4.78, 5) is 24.2. The van der Waals surface area contributed by atoms with E-state index in [4.69, 9.17) is 4.74 Å². The van der Waals surface area contributed by atoms with Gasteiger partial charge in [-0.2, -0.15) is 0 Å². The quantitative estimate of drug-likeness (QED) is 0.681. The zero-order valence-electron chi connectivity index (χ0n) is 16.9. The summed E-state index contributed by atoms with van der Waals surface area (Å²) in [6.07, 6.45) is 0.0410. The molecule has 8 nitrogen and oxygen atoms in total. The number of hydrogen-bond donors (Lipinski definition) is 2. The van der Waals surface area contributed by atoms with Crippen molar-refractivity contribution in [2.45, 2.75) is 18.2 Å². The van der Waals surface area contributed by atoms with Gasteiger partial charge in [0.15, 0.2) is 0 Å². The Morgan fingerprint density at radius 2 is 1.83 bits per heavy atom. The molecule has 0 aliphatic carbocycles. The topological polar surface area (TPSA) is 105 Å². The van der Waals surface area contributed by atoms with Crippen LogP contribution in [0.4, 0.5) is 5.69 Å². The molecule has 0 aromatic heterocycles. The van der Waals surface area contributed by atoms with Gasteiger partial charge in [-0.25, -0.2) is 12.7 Å². The van der Waals surface area contributed by atoms with Crippen LogP contribution in [0.25, 0.3) is 0 Å². The van der Waals surface area contributed by atoms with Crippen molar-refractivity contribution in [1.82, 2.24) is 9.62 Å². The van der Waals surface area contributed by atoms with Crippen molar-refractivity contribution < 1.29 is 22.7 Å². The molecule has 0 aliphatic heterocycles. The van der Waals surface area contributed by atoms with Gasteiger partial charge in [0.25, 0.3) is 5.91 Å². The van der Waals surface area contributed by atoms with Crippen LogP contribution >= 0.6 is 0 Å². The number of nitrogens with one attached hydrogen (secondary N) is 2. The first-order valence-electron chi connectivity index (χ1n) is 8.90. The van der Waals surface area contributed by atoms with E-state index >= 15 is 0 Å². The van der Waals surface area contributed by atoms with Crippen LogP contribution in [0.5, 0.6) is 5.75 Å². The van der Waals surface area contributed by atoms with Gasteiger partial charge in [0, 0.05) is 38.3 Å². The zero-order valence-corrected chi connectivity index (χ0v) is 17.7. The lowest BCUT2D eigenvalue weighted by atomic mass is 10.1. The van der Waals surface area contributed by atoms with Gasteiger partial charge in [0.05, 0.1) is 7.11 Å². The van der Waals surface area contributed by atoms with Crippen molar-refractivity contribution in [1.29, 1.82) is 0 Å². The van der Waals surface area contributed by atoms with E-state index in [1.165, 1.54) is 33.3 Å². The maximum atomic E-state index is 12.4. The second-order valence-electron chi connectivity index (χ2n) is 6.58. The minimum absolute atomic E-state index is 0.0410. The van der Waals surface area contributed by atoms with Crippen LogP contribution in [-0.4, -0.2) is 52.3 Å². The first-order chi connectivity index (χ1) is 13.6. The van der Waals surface area contributed by atoms with Crippen LogP contribution in [-0.2, 0) is 14.8 Å². The highest BCUT2D eigenvalue weighted by molar-refractivity contribution is 7.89. The van der Waals surface area contributed by atoms with Crippen LogP contribution in [0, 0.1) is 6.92 Å². The Morgan fingerprint density at radius 3 is 2.45 bits per heavy atom. The molecule has 0 unspecified atom stereocenters. The van der Waals surface area contributed by atoms with Crippen LogP contribution in [0.1, 0.15) is 22.3 Å². The van der Waals surface area contributed by atoms with Gasteiger partial charge in [-0.1, -0.05) is 17.7 Å². The van der Waals surface area contributed by atoms with Crippen molar-refractivity contribution in [2.24, 2.45) is 0 Å². The summed E-state index contributed by atoms with van der Waals surface area (Å²) in [5, 5.41) is 5.33. The Morgan fingerprint density at radius 1 is 1.10 bits per heavy atom. The summed E-state index contributed by atoms with van der Waals surface area (Å²) in [5.74, 6) is -0.430. The lowest BCUT2D eigenvalue weighted by Gasteiger charge is -2.16. The van der Waals surface area contributed by atoms with Gasteiger partial charge in [0.1, 0.15) is 10.6 Å². The molecule has 0 spiro atoms. The Labute approximate surface area is 170 Å². The number of aryl methyl sites for hydroxylation is 1. The SMILES string of the molecule is COc1ccc(NC(=O)CCNC(=O)c2cccc(C)c2)cc1S(=O)(=O)N(C)C. The summed E-state index contributed by atoms with van der Waals surface area (Å²) in [6, 6.07) is 11.5. The number of methoxy groups -OCH3 is 1. The molecule has 156 valence electrons. The second kappa shape index (κ2) is 9.53. The first kappa shape index (κ1) is 22.4. The van der Waals surface area contributed by atoms with E-state index < -0.39 is 10.0 Å². The van der Waals surface area contributed by atoms with E-state index in [0.717, 1.165) is 9.87 Å². The Balaban J connectivity index is 1.99. The second-order valence-corrected chi connectivity index (χ2v) is 8.70. The van der Waals surface area contributed by atoms with Crippen molar-refractivity contribution in [3.05, 3.63) is 53.6 Å². The largest absolute Gasteiger partial charge is 0.495 e. The number of rotatable bonds is 8. The fourth-order valence-corrected chi connectivity index (χ4v) is 3.63. The molecular formula is C20H25N3O5S. The number of ether oxygens (including phenoxy) is 1. The molecule has 0 aliphatic rings. The molecule has 9 heteroatoms. The molecular weight excluding hydrogens is 394 g/mol. The zero-order chi connectivity index (χ0) is 21.6. The van der Waals surface area contributed by atoms with Crippen LogP contribution in [0.3, 0.4) is 0 Å². The molecule has 2 amide bonds. The van der Waals surface area contributed by atoms with E-state index in [-0.39, 0.29) is 35.4 Å². The highest BCUT2D eigenvalue weighted by Crippen LogP contribution is 2.28. The first-order valence-corrected chi connectivity index (χ1v) is 10.3. The minimum Gasteiger partial charge on any atom is -0.495 e. The Hall–Kier alpha value is -2.91. The van der Waals surface area contributed by atoms with E-state index in [9.17, 15) is 18.0 Å². The number of carbonyl (C=O) groups is 2. The monoisotopic (exact) mass is 419 g/mol. The molecule has 29 heavy (non-hydrogen) atoms. The fraction of sp³-hybridized carbons (Fsp3) is 0.300. The van der Waals surface area contributed by atoms with Crippen LogP contribution in [0.15, 0.2) is 47.4 Å². The van der Waals surface area contributed by atoms with Gasteiger partial charge in [-0.05, 0) is 37.3 Å². The number of amides is 2. The van der Waals surface area contributed by atoms with Crippen LogP contribution < -0.4 is 15.4 Å². The summed E-state index contributed by atoms with van der Waals surface area (Å²) < 4.78 is 31.1. The predicted molar refractivity (Wildman–Crippen MR) is 111 cm³/mol. The van der Waals surface area contributed by atoms with Crippen molar-refractivity contribution in [2.75, 3.05) is 33.1 Å². The molecule has 2 N–H and O–H groups in total. The maximum Gasteiger partial charge on any atom is 0.251 e. The Kier molecular flexibility index (Phi) is 7.35. The fourth-order valence-electron chi connectivity index (χ4n) is 2.55. The molecule has 0 radical (unpaired) electrons. The van der Waals surface area contributed by atoms with E-state index in [2.05, 4.69) is 10.6 Å². The summed E-state index contributed by atoms with van der Waals surface area (Å²) >= 11 is 0. The standard InChI is InChI=1S/C20H25N3O5S/c1-14-6-5-7-15(12-14)20(25)21-11-10-19(24)22-16-8-9-17(28-4)18(13-16)29(26,27)23(2)3/h5-9,12-13H,10-11H2,1-4H3,(H,21,25)(H,22,24). The van der Waals surface area contributed by atoms with Crippen molar-refractivity contribution in [3.63, 3.8) is 0 Å². The smallest absolute Gasteiger partial charge is 0.251 e. The molecule has 0 saturated heterocycles. The number of nitrogens with zero attached hydrogens (tertiary/aromatic N) is 1. The number of sulfonamides is 1. The van der Waals surface area contributed by atoms with Gasteiger partial charge >= 0.3 is 0 Å². The average molecular weight is 420 g/mol. The third-order valence-electron chi connectivity index (χ3n) is 4.12. The molecule has 0 atom stereocenters. The van der Waals surface area contributed by atoms with E-state index in [1.807, 2.05) is 13.0 Å². The predicted octanol–water partition coefficient (Wildman–Crippen LogP) is 2.01. The van der Waals surface area contributed by atoms with E-state index in [1.54, 1.807) is 24.3 Å². The van der Waals surface area contributed by atoms with Gasteiger partial charge < -0.3 is 15.4 Å². The molecule has 2 aromatic rings. The normalized spacial score (nSPS) is 11.2. The van der Waals surface area contributed by atoms with Crippen molar-refractivity contribution in [3.8, 4) is 5.75 Å². The number of hydrogen-bond acceptors (Lipinski definition) is 5. The number of anilines is 1. The molecule has 2 rings (SSSR count). The highest BCUT2D eigenvalue weighted by Gasteiger charge is 2.23. The maximum absolute atomic E-state index is 12.4. The average Bonchev–Trinajstić information content (AvgIpc) is 2.67. The van der Waals surface area contributed by atoms with E-state index in [0.29, 0.717) is 11.3 Å². The number of carbonyl (C=O) groups excluding carboxylic acids is 2. The van der Waals surface area contributed by atoms with Crippen LogP contribution in [0.2, 0.25) is 0 Å². The van der Waals surface area contributed by atoms with Gasteiger partial charge in [-0.15, -0.1) is 0 Å². The lowest BCUT2D eigenvalue weighted by Crippen LogP contribution is -2.27. The molecule has 2 aromatic carbocycles. The Bertz CT molecular complexity index is 1000. The minimum atomic E-state index is -3.74. The van der Waals surface area contributed by atoms with Crippen molar-refractivity contribution >= 4 is 27.5 Å². The number of benzene rings is 2. The van der Waals surface area contributed by atoms with Gasteiger partial charge in [-0.3, -0.25) is 9.59 Å². The van der Waals surface area contributed by atoms with Gasteiger partial charge in [0.2, 0.25) is 15.9 Å². The molecule has 0 heterocycles. The summed E-state index contributed by atoms with van der Waals surface area (Å²) in [6.45, 7) is 2.04. The summed E-state index contributed by atoms with van der Waals surface area (Å²) in [5.41, 5.74) is 1.82. The molecule has 0 bridgehead atoms. The third-order valence-corrected chi connectivity index (χ3v) is 5.96.